The molecule has 1 aromatic carbocycles. The van der Waals surface area contributed by atoms with Gasteiger partial charge in [0, 0.05) is 12.2 Å². The fraction of sp³-hybridized carbons (Fsp3) is 0.375. The van der Waals surface area contributed by atoms with Gasteiger partial charge in [-0.25, -0.2) is 0 Å². The van der Waals surface area contributed by atoms with Gasteiger partial charge in [-0.3, -0.25) is 9.59 Å². The zero-order valence-corrected chi connectivity index (χ0v) is 13.5. The van der Waals surface area contributed by atoms with Crippen LogP contribution in [0.15, 0.2) is 30.6 Å². The maximum absolute atomic E-state index is 11.9. The minimum atomic E-state index is -0.705. The number of amides is 2. The van der Waals surface area contributed by atoms with Crippen LogP contribution in [0, 0.1) is 0 Å². The van der Waals surface area contributed by atoms with Gasteiger partial charge in [0.25, 0.3) is 0 Å². The number of aromatic nitrogens is 3. The Balaban J connectivity index is 1.88. The van der Waals surface area contributed by atoms with Crippen molar-refractivity contribution in [1.82, 2.24) is 20.1 Å². The molecule has 0 spiro atoms. The van der Waals surface area contributed by atoms with E-state index in [1.807, 2.05) is 19.1 Å². The summed E-state index contributed by atoms with van der Waals surface area (Å²) in [5.41, 5.74) is 1.76. The number of benzene rings is 1. The normalized spacial score (nSPS) is 10.6. The first-order valence-electron chi connectivity index (χ1n) is 7.57. The minimum absolute atomic E-state index is 0.159. The minimum Gasteiger partial charge on any atom is -0.341 e. The number of carbonyl (C=O) groups is 2. The number of aryl methyl sites for hydroxylation is 1. The maximum Gasteiger partial charge on any atom is 0.313 e. The van der Waals surface area contributed by atoms with Crippen molar-refractivity contribution < 1.29 is 9.59 Å². The Bertz CT molecular complexity index is 676. The van der Waals surface area contributed by atoms with Gasteiger partial charge in [0.05, 0.1) is 6.54 Å². The molecule has 0 saturated heterocycles. The molecule has 1 heterocycles. The van der Waals surface area contributed by atoms with Gasteiger partial charge in [0.15, 0.2) is 5.82 Å². The predicted octanol–water partition coefficient (Wildman–Crippen LogP) is 1.68. The third-order valence-electron chi connectivity index (χ3n) is 3.48. The van der Waals surface area contributed by atoms with E-state index < -0.39 is 11.8 Å². The molecular formula is C16H21N5O2. The fourth-order valence-corrected chi connectivity index (χ4v) is 2.06. The van der Waals surface area contributed by atoms with Crippen LogP contribution in [-0.2, 0) is 22.7 Å². The Morgan fingerprint density at radius 1 is 1.17 bits per heavy atom. The summed E-state index contributed by atoms with van der Waals surface area (Å²) in [4.78, 5) is 23.7. The molecular weight excluding hydrogens is 294 g/mol. The Kier molecular flexibility index (Phi) is 5.46. The average Bonchev–Trinajstić information content (AvgIpc) is 3.00. The number of rotatable bonds is 5. The lowest BCUT2D eigenvalue weighted by Gasteiger charge is -2.09. The van der Waals surface area contributed by atoms with E-state index >= 15 is 0 Å². The number of nitrogens with zero attached hydrogens (tertiary/aromatic N) is 3. The third kappa shape index (κ3) is 4.38. The molecule has 2 aromatic rings. The quantitative estimate of drug-likeness (QED) is 0.822. The Morgan fingerprint density at radius 2 is 1.87 bits per heavy atom. The van der Waals surface area contributed by atoms with Gasteiger partial charge in [0.2, 0.25) is 0 Å². The highest BCUT2D eigenvalue weighted by Crippen LogP contribution is 2.16. The molecule has 7 nitrogen and oxygen atoms in total. The first-order chi connectivity index (χ1) is 11.0. The van der Waals surface area contributed by atoms with Gasteiger partial charge < -0.3 is 15.2 Å². The van der Waals surface area contributed by atoms with Crippen LogP contribution >= 0.6 is 0 Å². The zero-order valence-electron chi connectivity index (χ0n) is 13.5. The van der Waals surface area contributed by atoms with Crippen molar-refractivity contribution >= 4 is 17.5 Å². The van der Waals surface area contributed by atoms with E-state index in [1.165, 1.54) is 5.56 Å². The van der Waals surface area contributed by atoms with Crippen molar-refractivity contribution in [2.24, 2.45) is 0 Å². The number of hydrogen-bond acceptors (Lipinski definition) is 4. The first-order valence-corrected chi connectivity index (χ1v) is 7.57. The van der Waals surface area contributed by atoms with Gasteiger partial charge in [0.1, 0.15) is 6.33 Å². The van der Waals surface area contributed by atoms with Crippen LogP contribution in [0.5, 0.6) is 0 Å². The third-order valence-corrected chi connectivity index (χ3v) is 3.48. The summed E-state index contributed by atoms with van der Waals surface area (Å²) >= 11 is 0. The lowest BCUT2D eigenvalue weighted by atomic mass is 10.0. The smallest absolute Gasteiger partial charge is 0.313 e. The van der Waals surface area contributed by atoms with Crippen LogP contribution < -0.4 is 10.6 Å². The number of carbonyl (C=O) groups excluding carboxylic acids is 2. The molecule has 0 aliphatic carbocycles. The molecule has 0 aliphatic heterocycles. The molecule has 1 aromatic heterocycles. The van der Waals surface area contributed by atoms with E-state index in [0.717, 1.165) is 0 Å². The molecule has 0 aliphatic rings. The molecule has 2 amide bonds. The Morgan fingerprint density at radius 3 is 2.48 bits per heavy atom. The molecule has 0 unspecified atom stereocenters. The van der Waals surface area contributed by atoms with Crippen molar-refractivity contribution in [1.29, 1.82) is 0 Å². The van der Waals surface area contributed by atoms with Gasteiger partial charge in [-0.1, -0.05) is 26.0 Å². The largest absolute Gasteiger partial charge is 0.341 e. The van der Waals surface area contributed by atoms with Crippen LogP contribution in [-0.4, -0.2) is 26.6 Å². The highest BCUT2D eigenvalue weighted by atomic mass is 16.2. The van der Waals surface area contributed by atoms with Gasteiger partial charge in [-0.2, -0.15) is 0 Å². The lowest BCUT2D eigenvalue weighted by molar-refractivity contribution is -0.136. The predicted molar refractivity (Wildman–Crippen MR) is 86.7 cm³/mol. The van der Waals surface area contributed by atoms with Crippen LogP contribution in [0.1, 0.15) is 38.1 Å². The second-order valence-electron chi connectivity index (χ2n) is 5.45. The molecule has 0 atom stereocenters. The summed E-state index contributed by atoms with van der Waals surface area (Å²) in [6, 6.07) is 7.44. The first kappa shape index (κ1) is 16.7. The zero-order chi connectivity index (χ0) is 16.8. The number of anilines is 1. The summed E-state index contributed by atoms with van der Waals surface area (Å²) in [6.45, 7) is 6.99. The van der Waals surface area contributed by atoms with Crippen molar-refractivity contribution in [2.75, 3.05) is 5.32 Å². The molecule has 0 fully saturated rings. The highest BCUT2D eigenvalue weighted by molar-refractivity contribution is 6.39. The monoisotopic (exact) mass is 315 g/mol. The van der Waals surface area contributed by atoms with Crippen LogP contribution in [0.4, 0.5) is 5.69 Å². The second-order valence-corrected chi connectivity index (χ2v) is 5.45. The van der Waals surface area contributed by atoms with Crippen LogP contribution in [0.2, 0.25) is 0 Å². The fourth-order valence-electron chi connectivity index (χ4n) is 2.06. The van der Waals surface area contributed by atoms with Crippen molar-refractivity contribution in [3.8, 4) is 0 Å². The Labute approximate surface area is 135 Å². The number of nitrogens with one attached hydrogen (secondary N) is 2. The van der Waals surface area contributed by atoms with Gasteiger partial charge in [-0.05, 0) is 30.5 Å². The molecule has 2 N–H and O–H groups in total. The average molecular weight is 315 g/mol. The van der Waals surface area contributed by atoms with E-state index in [1.54, 1.807) is 23.0 Å². The second kappa shape index (κ2) is 7.53. The molecule has 7 heteroatoms. The van der Waals surface area contributed by atoms with Crippen molar-refractivity contribution in [3.05, 3.63) is 42.0 Å². The van der Waals surface area contributed by atoms with E-state index in [4.69, 9.17) is 0 Å². The van der Waals surface area contributed by atoms with Gasteiger partial charge in [-0.15, -0.1) is 10.2 Å². The maximum atomic E-state index is 11.9. The van der Waals surface area contributed by atoms with E-state index in [2.05, 4.69) is 34.7 Å². The van der Waals surface area contributed by atoms with Gasteiger partial charge >= 0.3 is 11.8 Å². The van der Waals surface area contributed by atoms with Crippen molar-refractivity contribution in [2.45, 2.75) is 39.8 Å². The SMILES string of the molecule is CCn1cnnc1CNC(=O)C(=O)Nc1ccc(C(C)C)cc1. The summed E-state index contributed by atoms with van der Waals surface area (Å²) in [5.74, 6) is -0.387. The summed E-state index contributed by atoms with van der Waals surface area (Å²) < 4.78 is 1.79. The summed E-state index contributed by atoms with van der Waals surface area (Å²) in [7, 11) is 0. The van der Waals surface area contributed by atoms with Crippen LogP contribution in [0.3, 0.4) is 0 Å². The summed E-state index contributed by atoms with van der Waals surface area (Å²) in [5, 5.41) is 12.8. The molecule has 23 heavy (non-hydrogen) atoms. The van der Waals surface area contributed by atoms with E-state index in [-0.39, 0.29) is 6.54 Å². The van der Waals surface area contributed by atoms with E-state index in [9.17, 15) is 9.59 Å². The topological polar surface area (TPSA) is 88.9 Å². The molecule has 0 bridgehead atoms. The van der Waals surface area contributed by atoms with Crippen LogP contribution in [0.25, 0.3) is 0 Å². The lowest BCUT2D eigenvalue weighted by Crippen LogP contribution is -2.35. The van der Waals surface area contributed by atoms with Crippen molar-refractivity contribution in [3.63, 3.8) is 0 Å². The standard InChI is InChI=1S/C16H21N5O2/c1-4-21-10-18-20-14(21)9-17-15(22)16(23)19-13-7-5-12(6-8-13)11(2)3/h5-8,10-11H,4,9H2,1-3H3,(H,17,22)(H,19,23). The summed E-state index contributed by atoms with van der Waals surface area (Å²) in [6.07, 6.45) is 1.58. The van der Waals surface area contributed by atoms with E-state index in [0.29, 0.717) is 24.0 Å². The molecule has 122 valence electrons. The Hall–Kier alpha value is -2.70. The molecule has 2 rings (SSSR count). The molecule has 0 saturated carbocycles. The molecule has 0 radical (unpaired) electrons. The number of hydrogen-bond donors (Lipinski definition) is 2. The highest BCUT2D eigenvalue weighted by Gasteiger charge is 2.14.